The number of tetrazole rings is 1. The summed E-state index contributed by atoms with van der Waals surface area (Å²) in [6, 6.07) is 12.9. The second kappa shape index (κ2) is 6.86. The topological polar surface area (TPSA) is 113 Å². The maximum Gasteiger partial charge on any atom is 0.255 e. The molecule has 1 aliphatic rings. The average Bonchev–Trinajstić information content (AvgIpc) is 3.51. The number of hydrogen-bond acceptors (Lipinski definition) is 6. The number of nitrogens with one attached hydrogen (secondary N) is 2. The van der Waals surface area contributed by atoms with Crippen LogP contribution in [0.5, 0.6) is 5.75 Å². The van der Waals surface area contributed by atoms with Gasteiger partial charge in [0.05, 0.1) is 13.3 Å². The summed E-state index contributed by atoms with van der Waals surface area (Å²) in [5.74, 6) is 1.04. The number of fused-ring (bicyclic) bond motifs is 1. The minimum Gasteiger partial charge on any atom is -0.497 e. The maximum atomic E-state index is 13.4. The van der Waals surface area contributed by atoms with E-state index in [1.54, 1.807) is 24.4 Å². The van der Waals surface area contributed by atoms with Crippen molar-refractivity contribution in [3.63, 3.8) is 0 Å². The van der Waals surface area contributed by atoms with Gasteiger partial charge in [0.2, 0.25) is 5.82 Å². The van der Waals surface area contributed by atoms with Crippen LogP contribution in [0, 0.1) is 0 Å². The summed E-state index contributed by atoms with van der Waals surface area (Å²) in [6.45, 7) is 0.455. The van der Waals surface area contributed by atoms with E-state index in [0.717, 1.165) is 22.3 Å². The van der Waals surface area contributed by atoms with Gasteiger partial charge in [-0.25, -0.2) is 0 Å². The molecular formula is C20H17N7O2. The summed E-state index contributed by atoms with van der Waals surface area (Å²) >= 11 is 0. The van der Waals surface area contributed by atoms with E-state index >= 15 is 0 Å². The van der Waals surface area contributed by atoms with Crippen molar-refractivity contribution in [2.75, 3.05) is 7.11 Å². The number of aromatic nitrogens is 6. The zero-order valence-corrected chi connectivity index (χ0v) is 15.5. The van der Waals surface area contributed by atoms with Gasteiger partial charge in [0.1, 0.15) is 11.8 Å². The van der Waals surface area contributed by atoms with Gasteiger partial charge in [0.25, 0.3) is 5.91 Å². The quantitative estimate of drug-likeness (QED) is 0.543. The standard InChI is InChI=1S/C20H17N7O2/c1-29-16-4-2-3-13(7-16)18(19-23-25-26-24-19)27-11-14-6-5-12(8-17(14)20(27)28)15-9-21-22-10-15/h2-10,18H,11H2,1H3,(H,21,22)(H,23,24,25,26). The van der Waals surface area contributed by atoms with Gasteiger partial charge in [-0.05, 0) is 34.9 Å². The Bertz CT molecular complexity index is 1160. The Morgan fingerprint density at radius 2 is 2.10 bits per heavy atom. The lowest BCUT2D eigenvalue weighted by Gasteiger charge is -2.25. The summed E-state index contributed by atoms with van der Waals surface area (Å²) in [7, 11) is 1.61. The number of ether oxygens (including phenoxy) is 1. The Hall–Kier alpha value is -4.01. The van der Waals surface area contributed by atoms with Gasteiger partial charge >= 0.3 is 0 Å². The molecule has 9 heteroatoms. The molecule has 0 aliphatic carbocycles. The molecular weight excluding hydrogens is 370 g/mol. The molecule has 0 fully saturated rings. The fourth-order valence-corrected chi connectivity index (χ4v) is 3.69. The number of hydrogen-bond donors (Lipinski definition) is 2. The summed E-state index contributed by atoms with van der Waals surface area (Å²) in [4.78, 5) is 15.1. The second-order valence-electron chi connectivity index (χ2n) is 6.74. The predicted octanol–water partition coefficient (Wildman–Crippen LogP) is 2.34. The van der Waals surface area contributed by atoms with E-state index in [4.69, 9.17) is 4.74 Å². The molecule has 1 atom stereocenters. The van der Waals surface area contributed by atoms with Crippen LogP contribution in [0.2, 0.25) is 0 Å². The SMILES string of the molecule is COc1cccc(C(c2nn[nH]n2)N2Cc3ccc(-c4cn[nH]c4)cc3C2=O)c1. The number of rotatable bonds is 5. The largest absolute Gasteiger partial charge is 0.497 e. The van der Waals surface area contributed by atoms with Gasteiger partial charge in [-0.3, -0.25) is 9.89 Å². The predicted molar refractivity (Wildman–Crippen MR) is 103 cm³/mol. The number of H-pyrrole nitrogens is 2. The molecule has 9 nitrogen and oxygen atoms in total. The minimum absolute atomic E-state index is 0.0806. The van der Waals surface area contributed by atoms with Crippen molar-refractivity contribution < 1.29 is 9.53 Å². The lowest BCUT2D eigenvalue weighted by Crippen LogP contribution is -2.30. The fraction of sp³-hybridized carbons (Fsp3) is 0.150. The van der Waals surface area contributed by atoms with Crippen molar-refractivity contribution in [1.82, 2.24) is 35.7 Å². The molecule has 0 bridgehead atoms. The van der Waals surface area contributed by atoms with E-state index in [9.17, 15) is 4.79 Å². The Labute approximate surface area is 165 Å². The van der Waals surface area contributed by atoms with Crippen LogP contribution in [0.3, 0.4) is 0 Å². The number of methoxy groups -OCH3 is 1. The average molecular weight is 387 g/mol. The number of benzene rings is 2. The first-order chi connectivity index (χ1) is 14.2. The molecule has 29 heavy (non-hydrogen) atoms. The highest BCUT2D eigenvalue weighted by Gasteiger charge is 2.36. The highest BCUT2D eigenvalue weighted by Crippen LogP contribution is 2.36. The molecule has 4 aromatic rings. The molecule has 5 rings (SSSR count). The van der Waals surface area contributed by atoms with Crippen LogP contribution in [-0.2, 0) is 6.54 Å². The van der Waals surface area contributed by atoms with Gasteiger partial charge < -0.3 is 9.64 Å². The number of nitrogens with zero attached hydrogens (tertiary/aromatic N) is 5. The van der Waals surface area contributed by atoms with Crippen molar-refractivity contribution in [1.29, 1.82) is 0 Å². The summed E-state index contributed by atoms with van der Waals surface area (Å²) in [6.07, 6.45) is 3.54. The van der Waals surface area contributed by atoms with Gasteiger partial charge in [-0.15, -0.1) is 10.2 Å². The van der Waals surface area contributed by atoms with E-state index in [2.05, 4.69) is 30.8 Å². The first kappa shape index (κ1) is 17.1. The Kier molecular flexibility index (Phi) is 4.05. The Morgan fingerprint density at radius 3 is 2.86 bits per heavy atom. The molecule has 0 radical (unpaired) electrons. The zero-order valence-electron chi connectivity index (χ0n) is 15.5. The molecule has 3 heterocycles. The number of aromatic amines is 2. The van der Waals surface area contributed by atoms with Crippen LogP contribution >= 0.6 is 0 Å². The number of carbonyl (C=O) groups is 1. The third kappa shape index (κ3) is 2.92. The smallest absolute Gasteiger partial charge is 0.255 e. The molecule has 144 valence electrons. The van der Waals surface area contributed by atoms with Crippen molar-refractivity contribution in [2.24, 2.45) is 0 Å². The molecule has 2 aromatic heterocycles. The van der Waals surface area contributed by atoms with Crippen LogP contribution < -0.4 is 4.74 Å². The molecule has 2 N–H and O–H groups in total. The molecule has 0 spiro atoms. The van der Waals surface area contributed by atoms with E-state index in [1.807, 2.05) is 42.5 Å². The van der Waals surface area contributed by atoms with Crippen molar-refractivity contribution in [3.05, 3.63) is 77.4 Å². The highest BCUT2D eigenvalue weighted by atomic mass is 16.5. The van der Waals surface area contributed by atoms with Crippen molar-refractivity contribution in [2.45, 2.75) is 12.6 Å². The minimum atomic E-state index is -0.485. The molecule has 0 saturated carbocycles. The van der Waals surface area contributed by atoms with Crippen LogP contribution in [0.4, 0.5) is 0 Å². The van der Waals surface area contributed by atoms with E-state index in [0.29, 0.717) is 23.7 Å². The van der Waals surface area contributed by atoms with Gasteiger partial charge in [-0.1, -0.05) is 29.5 Å². The number of carbonyl (C=O) groups excluding carboxylic acids is 1. The van der Waals surface area contributed by atoms with E-state index in [1.165, 1.54) is 0 Å². The first-order valence-corrected chi connectivity index (χ1v) is 9.05. The number of amides is 1. The summed E-state index contributed by atoms with van der Waals surface area (Å²) in [5, 5.41) is 21.3. The molecule has 1 unspecified atom stereocenters. The molecule has 1 amide bonds. The van der Waals surface area contributed by atoms with Crippen LogP contribution in [-0.4, -0.2) is 48.7 Å². The molecule has 0 saturated heterocycles. The monoisotopic (exact) mass is 387 g/mol. The van der Waals surface area contributed by atoms with Crippen molar-refractivity contribution in [3.8, 4) is 16.9 Å². The van der Waals surface area contributed by atoms with Crippen LogP contribution in [0.1, 0.15) is 33.4 Å². The van der Waals surface area contributed by atoms with Crippen molar-refractivity contribution >= 4 is 5.91 Å². The van der Waals surface area contributed by atoms with E-state index in [-0.39, 0.29) is 5.91 Å². The van der Waals surface area contributed by atoms with Crippen LogP contribution in [0.15, 0.2) is 54.9 Å². The zero-order chi connectivity index (χ0) is 19.8. The second-order valence-corrected chi connectivity index (χ2v) is 6.74. The highest BCUT2D eigenvalue weighted by molar-refractivity contribution is 6.00. The summed E-state index contributed by atoms with van der Waals surface area (Å²) < 4.78 is 5.35. The van der Waals surface area contributed by atoms with E-state index < -0.39 is 6.04 Å². The summed E-state index contributed by atoms with van der Waals surface area (Å²) in [5.41, 5.74) is 4.34. The van der Waals surface area contributed by atoms with Gasteiger partial charge in [0.15, 0.2) is 0 Å². The lowest BCUT2D eigenvalue weighted by molar-refractivity contribution is 0.0724. The Balaban J connectivity index is 1.55. The van der Waals surface area contributed by atoms with Gasteiger partial charge in [-0.2, -0.15) is 10.3 Å². The maximum absolute atomic E-state index is 13.4. The fourth-order valence-electron chi connectivity index (χ4n) is 3.69. The lowest BCUT2D eigenvalue weighted by atomic mass is 10.0. The Morgan fingerprint density at radius 1 is 1.17 bits per heavy atom. The van der Waals surface area contributed by atoms with Gasteiger partial charge in [0, 0.05) is 23.9 Å². The first-order valence-electron chi connectivity index (χ1n) is 9.05. The van der Waals surface area contributed by atoms with Crippen LogP contribution in [0.25, 0.3) is 11.1 Å². The molecule has 2 aromatic carbocycles. The normalized spacial score (nSPS) is 14.1. The molecule has 1 aliphatic heterocycles. The third-order valence-corrected chi connectivity index (χ3v) is 5.10. The third-order valence-electron chi connectivity index (χ3n) is 5.10.